The minimum atomic E-state index is -0.476. The maximum Gasteiger partial charge on any atom is 0.330 e. The quantitative estimate of drug-likeness (QED) is 0.643. The highest BCUT2D eigenvalue weighted by Crippen LogP contribution is 2.38. The van der Waals surface area contributed by atoms with Gasteiger partial charge in [0.05, 0.1) is 11.0 Å². The Morgan fingerprint density at radius 3 is 2.78 bits per heavy atom. The summed E-state index contributed by atoms with van der Waals surface area (Å²) in [4.78, 5) is 12.8. The molecule has 3 rings (SSSR count). The maximum absolute atomic E-state index is 10.8. The molecule has 0 spiro atoms. The van der Waals surface area contributed by atoms with Crippen LogP contribution in [0.4, 0.5) is 11.5 Å². The normalized spacial score (nSPS) is 28.7. The van der Waals surface area contributed by atoms with E-state index in [1.54, 1.807) is 4.68 Å². The number of nitrogens with two attached hydrogens (primary N) is 1. The Kier molecular flexibility index (Phi) is 2.51. The molecule has 1 saturated carbocycles. The second-order valence-electron chi connectivity index (χ2n) is 5.28. The molecule has 2 atom stereocenters. The first-order valence-corrected chi connectivity index (χ1v) is 6.31. The first-order chi connectivity index (χ1) is 8.58. The Labute approximate surface area is 105 Å². The third-order valence-corrected chi connectivity index (χ3v) is 3.97. The average molecular weight is 251 g/mol. The van der Waals surface area contributed by atoms with Gasteiger partial charge in [-0.15, -0.1) is 0 Å². The fourth-order valence-corrected chi connectivity index (χ4v) is 2.91. The number of anilines is 1. The molecule has 18 heavy (non-hydrogen) atoms. The Morgan fingerprint density at radius 1 is 1.50 bits per heavy atom. The van der Waals surface area contributed by atoms with Crippen LogP contribution in [0, 0.1) is 10.1 Å². The topological polar surface area (TPSA) is 90.2 Å². The van der Waals surface area contributed by atoms with Crippen LogP contribution in [0.2, 0.25) is 0 Å². The van der Waals surface area contributed by atoms with E-state index in [-0.39, 0.29) is 17.5 Å². The number of nitrogens with zero attached hydrogens (tertiary/aromatic N) is 4. The van der Waals surface area contributed by atoms with Crippen molar-refractivity contribution in [1.29, 1.82) is 0 Å². The van der Waals surface area contributed by atoms with Crippen LogP contribution in [0.3, 0.4) is 0 Å². The molecule has 1 aromatic heterocycles. The van der Waals surface area contributed by atoms with Gasteiger partial charge in [-0.2, -0.15) is 5.10 Å². The van der Waals surface area contributed by atoms with Crippen molar-refractivity contribution in [3.63, 3.8) is 0 Å². The summed E-state index contributed by atoms with van der Waals surface area (Å²) in [5.41, 5.74) is 5.72. The van der Waals surface area contributed by atoms with E-state index in [9.17, 15) is 10.1 Å². The molecule has 98 valence electrons. The molecule has 0 amide bonds. The second-order valence-corrected chi connectivity index (χ2v) is 5.28. The van der Waals surface area contributed by atoms with Gasteiger partial charge in [0.2, 0.25) is 5.82 Å². The van der Waals surface area contributed by atoms with Gasteiger partial charge in [0.15, 0.2) is 0 Å². The Morgan fingerprint density at radius 2 is 2.22 bits per heavy atom. The van der Waals surface area contributed by atoms with Gasteiger partial charge in [-0.1, -0.05) is 0 Å². The third-order valence-electron chi connectivity index (χ3n) is 3.97. The minimum Gasteiger partial charge on any atom is -0.378 e. The second kappa shape index (κ2) is 3.94. The number of hydrogen-bond acceptors (Lipinski definition) is 5. The lowest BCUT2D eigenvalue weighted by Gasteiger charge is -2.19. The molecule has 2 unspecified atom stereocenters. The number of nitro groups is 1. The fourth-order valence-electron chi connectivity index (χ4n) is 2.91. The average Bonchev–Trinajstić information content (AvgIpc) is 2.97. The van der Waals surface area contributed by atoms with Crippen LogP contribution in [-0.4, -0.2) is 38.2 Å². The van der Waals surface area contributed by atoms with E-state index in [0.717, 1.165) is 13.0 Å². The lowest BCUT2D eigenvalue weighted by Crippen LogP contribution is -2.29. The van der Waals surface area contributed by atoms with Gasteiger partial charge < -0.3 is 5.73 Å². The van der Waals surface area contributed by atoms with Crippen LogP contribution in [0.1, 0.15) is 32.2 Å². The van der Waals surface area contributed by atoms with Crippen molar-refractivity contribution in [2.24, 2.45) is 0 Å². The zero-order chi connectivity index (χ0) is 12.9. The smallest absolute Gasteiger partial charge is 0.330 e. The first-order valence-electron chi connectivity index (χ1n) is 6.31. The molecule has 1 aliphatic heterocycles. The van der Waals surface area contributed by atoms with Gasteiger partial charge in [0.1, 0.15) is 6.20 Å². The Balaban J connectivity index is 1.81. The van der Waals surface area contributed by atoms with E-state index < -0.39 is 4.92 Å². The van der Waals surface area contributed by atoms with Crippen molar-refractivity contribution >= 4 is 11.5 Å². The molecular formula is C11H17N5O2. The molecule has 7 nitrogen and oxygen atoms in total. The number of hydrogen-bond donors (Lipinski definition) is 1. The van der Waals surface area contributed by atoms with Crippen molar-refractivity contribution in [2.45, 2.75) is 44.3 Å². The predicted octanol–water partition coefficient (Wildman–Crippen LogP) is 1.17. The highest BCUT2D eigenvalue weighted by atomic mass is 16.6. The van der Waals surface area contributed by atoms with Crippen molar-refractivity contribution < 1.29 is 4.92 Å². The van der Waals surface area contributed by atoms with Crippen molar-refractivity contribution in [2.75, 3.05) is 12.3 Å². The molecule has 0 aromatic carbocycles. The van der Waals surface area contributed by atoms with Crippen LogP contribution in [0.25, 0.3) is 0 Å². The zero-order valence-electron chi connectivity index (χ0n) is 10.3. The van der Waals surface area contributed by atoms with E-state index in [2.05, 4.69) is 16.9 Å². The highest BCUT2D eigenvalue weighted by molar-refractivity contribution is 5.51. The fraction of sp³-hybridized carbons (Fsp3) is 0.727. The first kappa shape index (κ1) is 11.5. The summed E-state index contributed by atoms with van der Waals surface area (Å²) >= 11 is 0. The standard InChI is InChI=1S/C11H17N5O2/c1-7-4-9(6-14(7)8-2-3-8)15-11(12)10(5-13-15)16(17)18/h5,7-9H,2-4,6,12H2,1H3. The van der Waals surface area contributed by atoms with Crippen LogP contribution in [0.15, 0.2) is 6.20 Å². The van der Waals surface area contributed by atoms with Gasteiger partial charge >= 0.3 is 5.69 Å². The van der Waals surface area contributed by atoms with Crippen molar-refractivity contribution in [3.8, 4) is 0 Å². The molecule has 2 N–H and O–H groups in total. The Hall–Kier alpha value is -1.63. The summed E-state index contributed by atoms with van der Waals surface area (Å²) < 4.78 is 1.62. The molecule has 2 fully saturated rings. The number of aromatic nitrogens is 2. The van der Waals surface area contributed by atoms with Gasteiger partial charge in [-0.3, -0.25) is 15.0 Å². The number of likely N-dealkylation sites (tertiary alicyclic amines) is 1. The molecule has 1 aliphatic carbocycles. The summed E-state index contributed by atoms with van der Waals surface area (Å²) in [6.45, 7) is 3.10. The highest BCUT2D eigenvalue weighted by Gasteiger charge is 2.40. The zero-order valence-corrected chi connectivity index (χ0v) is 10.3. The van der Waals surface area contributed by atoms with E-state index >= 15 is 0 Å². The largest absolute Gasteiger partial charge is 0.378 e. The van der Waals surface area contributed by atoms with Crippen LogP contribution < -0.4 is 5.73 Å². The lowest BCUT2D eigenvalue weighted by atomic mass is 10.2. The number of rotatable bonds is 3. The summed E-state index contributed by atoms with van der Waals surface area (Å²) in [5, 5.41) is 14.8. The van der Waals surface area contributed by atoms with Crippen LogP contribution in [0.5, 0.6) is 0 Å². The minimum absolute atomic E-state index is 0.0903. The van der Waals surface area contributed by atoms with Gasteiger partial charge in [0, 0.05) is 18.6 Å². The molecule has 0 radical (unpaired) electrons. The molecule has 2 aliphatic rings. The van der Waals surface area contributed by atoms with Crippen LogP contribution in [-0.2, 0) is 0 Å². The summed E-state index contributed by atoms with van der Waals surface area (Å²) in [6, 6.07) is 1.37. The Bertz CT molecular complexity index is 482. The van der Waals surface area contributed by atoms with Crippen LogP contribution >= 0.6 is 0 Å². The van der Waals surface area contributed by atoms with E-state index in [4.69, 9.17) is 5.73 Å². The molecule has 0 bridgehead atoms. The molecular weight excluding hydrogens is 234 g/mol. The number of nitrogen functional groups attached to an aromatic ring is 1. The van der Waals surface area contributed by atoms with E-state index in [1.165, 1.54) is 19.0 Å². The van der Waals surface area contributed by atoms with Crippen molar-refractivity contribution in [1.82, 2.24) is 14.7 Å². The molecule has 2 heterocycles. The molecule has 1 saturated heterocycles. The molecule has 1 aromatic rings. The molecule has 7 heteroatoms. The maximum atomic E-state index is 10.8. The summed E-state index contributed by atoms with van der Waals surface area (Å²) in [6.07, 6.45) is 4.75. The van der Waals surface area contributed by atoms with Gasteiger partial charge in [-0.05, 0) is 26.2 Å². The van der Waals surface area contributed by atoms with Crippen molar-refractivity contribution in [3.05, 3.63) is 16.3 Å². The monoisotopic (exact) mass is 251 g/mol. The lowest BCUT2D eigenvalue weighted by molar-refractivity contribution is -0.384. The van der Waals surface area contributed by atoms with Gasteiger partial charge in [-0.25, -0.2) is 4.68 Å². The SMILES string of the molecule is CC1CC(n2ncc([N+](=O)[O-])c2N)CN1C1CC1. The summed E-state index contributed by atoms with van der Waals surface area (Å²) in [7, 11) is 0. The third kappa shape index (κ3) is 1.74. The predicted molar refractivity (Wildman–Crippen MR) is 66.1 cm³/mol. The van der Waals surface area contributed by atoms with Gasteiger partial charge in [0.25, 0.3) is 0 Å². The van der Waals surface area contributed by atoms with E-state index in [1.807, 2.05) is 0 Å². The van der Waals surface area contributed by atoms with E-state index in [0.29, 0.717) is 12.1 Å². The summed E-state index contributed by atoms with van der Waals surface area (Å²) in [5.74, 6) is 0.176.